The number of nitrogens with one attached hydrogen (secondary N) is 1. The first-order valence-corrected chi connectivity index (χ1v) is 16.6. The van der Waals surface area contributed by atoms with Crippen molar-refractivity contribution in [3.05, 3.63) is 84.4 Å². The van der Waals surface area contributed by atoms with Crippen LogP contribution in [0.5, 0.6) is 5.75 Å². The third-order valence-corrected chi connectivity index (χ3v) is 9.95. The molecule has 1 aromatic heterocycles. The van der Waals surface area contributed by atoms with Crippen molar-refractivity contribution in [3.63, 3.8) is 0 Å². The van der Waals surface area contributed by atoms with Gasteiger partial charge in [0.2, 0.25) is 11.8 Å². The van der Waals surface area contributed by atoms with Crippen LogP contribution in [0.1, 0.15) is 37.2 Å². The number of benzene rings is 3. The van der Waals surface area contributed by atoms with Crippen molar-refractivity contribution in [2.24, 2.45) is 5.92 Å². The van der Waals surface area contributed by atoms with Crippen LogP contribution >= 0.6 is 0 Å². The number of phenolic OH excluding ortho intramolecular Hbond substituents is 1. The summed E-state index contributed by atoms with van der Waals surface area (Å²) in [4.78, 5) is 31.2. The molecule has 242 valence electrons. The van der Waals surface area contributed by atoms with Crippen LogP contribution in [0.3, 0.4) is 0 Å². The molecule has 0 bridgehead atoms. The highest BCUT2D eigenvalue weighted by Gasteiger charge is 2.28. The molecule has 4 aromatic rings. The molecule has 0 saturated carbocycles. The number of imide groups is 1. The van der Waals surface area contributed by atoms with E-state index in [1.807, 2.05) is 30.3 Å². The summed E-state index contributed by atoms with van der Waals surface area (Å²) in [7, 11) is 0. The molecule has 10 nitrogen and oxygen atoms in total. The van der Waals surface area contributed by atoms with E-state index < -0.39 is 0 Å². The van der Waals surface area contributed by atoms with E-state index in [1.165, 1.54) is 24.2 Å². The van der Waals surface area contributed by atoms with Crippen LogP contribution in [-0.4, -0.2) is 77.8 Å². The summed E-state index contributed by atoms with van der Waals surface area (Å²) < 4.78 is 0. The largest absolute Gasteiger partial charge is 0.507 e. The van der Waals surface area contributed by atoms with E-state index in [9.17, 15) is 14.7 Å². The number of hydrogen-bond donors (Lipinski definition) is 3. The lowest BCUT2D eigenvalue weighted by Crippen LogP contribution is -2.49. The molecule has 4 N–H and O–H groups in total. The Morgan fingerprint density at radius 2 is 1.43 bits per heavy atom. The van der Waals surface area contributed by atoms with Crippen LogP contribution < -0.4 is 20.9 Å². The van der Waals surface area contributed by atoms with Gasteiger partial charge in [-0.25, -0.2) is 0 Å². The Hall–Kier alpha value is -4.96. The molecule has 0 radical (unpaired) electrons. The number of rotatable bonds is 7. The summed E-state index contributed by atoms with van der Waals surface area (Å²) in [5.41, 5.74) is 12.6. The van der Waals surface area contributed by atoms with Crippen LogP contribution in [0.15, 0.2) is 78.9 Å². The van der Waals surface area contributed by atoms with Gasteiger partial charge in [0, 0.05) is 74.7 Å². The Morgan fingerprint density at radius 1 is 0.766 bits per heavy atom. The zero-order chi connectivity index (χ0) is 32.3. The molecule has 3 aliphatic rings. The molecule has 3 fully saturated rings. The number of aromatic hydroxyl groups is 1. The fourth-order valence-corrected chi connectivity index (χ4v) is 7.16. The second-order valence-electron chi connectivity index (χ2n) is 12.9. The number of nitrogens with two attached hydrogens (primary N) is 1. The van der Waals surface area contributed by atoms with Gasteiger partial charge in [-0.2, -0.15) is 0 Å². The molecule has 0 spiro atoms. The minimum atomic E-state index is -0.237. The number of nitrogens with zero attached hydrogens (tertiary/aromatic N) is 5. The van der Waals surface area contributed by atoms with E-state index in [2.05, 4.69) is 66.6 Å². The van der Waals surface area contributed by atoms with E-state index >= 15 is 0 Å². The summed E-state index contributed by atoms with van der Waals surface area (Å²) >= 11 is 0. The first kappa shape index (κ1) is 30.7. The Kier molecular flexibility index (Phi) is 8.76. The topological polar surface area (TPSA) is 128 Å². The lowest BCUT2D eigenvalue weighted by Gasteiger charge is -2.40. The van der Waals surface area contributed by atoms with Crippen molar-refractivity contribution in [1.29, 1.82) is 0 Å². The summed E-state index contributed by atoms with van der Waals surface area (Å²) in [6.07, 6.45) is 3.33. The minimum absolute atomic E-state index is 0.161. The molecule has 1 unspecified atom stereocenters. The van der Waals surface area contributed by atoms with Gasteiger partial charge in [0.1, 0.15) is 5.75 Å². The van der Waals surface area contributed by atoms with Crippen LogP contribution in [0.4, 0.5) is 17.2 Å². The molecule has 1 atom stereocenters. The van der Waals surface area contributed by atoms with Crippen molar-refractivity contribution in [2.45, 2.75) is 31.6 Å². The molecule has 7 rings (SSSR count). The maximum atomic E-state index is 12.2. The zero-order valence-corrected chi connectivity index (χ0v) is 26.5. The first-order valence-electron chi connectivity index (χ1n) is 16.6. The predicted molar refractivity (Wildman–Crippen MR) is 184 cm³/mol. The molecular weight excluding hydrogens is 590 g/mol. The molecule has 3 saturated heterocycles. The number of amides is 2. The molecule has 4 heterocycles. The van der Waals surface area contributed by atoms with E-state index in [0.29, 0.717) is 35.8 Å². The Balaban J connectivity index is 0.887. The van der Waals surface area contributed by atoms with E-state index in [-0.39, 0.29) is 23.5 Å². The summed E-state index contributed by atoms with van der Waals surface area (Å²) in [6, 6.07) is 25.8. The highest BCUT2D eigenvalue weighted by atomic mass is 16.3. The number of carbonyl (C=O) groups excluding carboxylic acids is 2. The van der Waals surface area contributed by atoms with Crippen molar-refractivity contribution in [3.8, 4) is 28.1 Å². The average Bonchev–Trinajstić information content (AvgIpc) is 3.10. The second kappa shape index (κ2) is 13.4. The number of phenols is 1. The van der Waals surface area contributed by atoms with Gasteiger partial charge in [0.05, 0.1) is 11.6 Å². The minimum Gasteiger partial charge on any atom is -0.507 e. The normalized spacial score (nSPS) is 19.5. The van der Waals surface area contributed by atoms with Crippen LogP contribution in [0.2, 0.25) is 0 Å². The van der Waals surface area contributed by atoms with Crippen molar-refractivity contribution in [1.82, 2.24) is 20.4 Å². The third kappa shape index (κ3) is 6.78. The highest BCUT2D eigenvalue weighted by Crippen LogP contribution is 2.34. The van der Waals surface area contributed by atoms with Crippen molar-refractivity contribution < 1.29 is 14.7 Å². The van der Waals surface area contributed by atoms with Gasteiger partial charge < -0.3 is 20.6 Å². The molecule has 47 heavy (non-hydrogen) atoms. The fourth-order valence-electron chi connectivity index (χ4n) is 7.16. The first-order chi connectivity index (χ1) is 22.9. The standard InChI is InChI=1S/C37H41N7O3/c38-36-32(23-33(40-41-36)31-3-1-2-4-34(31)45)27-7-11-28(12-8-27)43-17-15-25(16-18-43)24-42-19-21-44(22-20-42)29-9-5-26(6-10-29)30-13-14-35(46)39-37(30)47/h1-12,23,25,30,45H,13-22,24H2,(H2,38,41)(H,39,46,47). The highest BCUT2D eigenvalue weighted by molar-refractivity contribution is 6.01. The molecule has 2 amide bonds. The maximum Gasteiger partial charge on any atom is 0.234 e. The lowest BCUT2D eigenvalue weighted by molar-refractivity contribution is -0.134. The zero-order valence-electron chi connectivity index (χ0n) is 26.5. The number of aromatic nitrogens is 2. The van der Waals surface area contributed by atoms with Gasteiger partial charge in [-0.3, -0.25) is 19.8 Å². The van der Waals surface area contributed by atoms with Gasteiger partial charge in [0.15, 0.2) is 5.82 Å². The SMILES string of the molecule is Nc1nnc(-c2ccccc2O)cc1-c1ccc(N2CCC(CN3CCN(c4ccc(C5CCC(=O)NC5=O)cc4)CC3)CC2)cc1. The van der Waals surface area contributed by atoms with Gasteiger partial charge >= 0.3 is 0 Å². The van der Waals surface area contributed by atoms with Gasteiger partial charge in [-0.1, -0.05) is 36.4 Å². The summed E-state index contributed by atoms with van der Waals surface area (Å²) in [5.74, 6) is 0.622. The van der Waals surface area contributed by atoms with E-state index in [0.717, 1.165) is 62.5 Å². The molecule has 3 aliphatic heterocycles. The lowest BCUT2D eigenvalue weighted by atomic mass is 9.90. The average molecular weight is 632 g/mol. The number of piperidine rings is 2. The van der Waals surface area contributed by atoms with Crippen molar-refractivity contribution in [2.75, 3.05) is 61.3 Å². The smallest absolute Gasteiger partial charge is 0.234 e. The third-order valence-electron chi connectivity index (χ3n) is 9.95. The quantitative estimate of drug-likeness (QED) is 0.250. The second-order valence-corrected chi connectivity index (χ2v) is 12.9. The number of para-hydroxylation sites is 1. The molecule has 0 aliphatic carbocycles. The van der Waals surface area contributed by atoms with Crippen LogP contribution in [0, 0.1) is 5.92 Å². The Labute approximate surface area is 275 Å². The summed E-state index contributed by atoms with van der Waals surface area (Å²) in [6.45, 7) is 7.32. The van der Waals surface area contributed by atoms with E-state index in [1.54, 1.807) is 12.1 Å². The number of carbonyl (C=O) groups is 2. The van der Waals surface area contributed by atoms with Crippen LogP contribution in [-0.2, 0) is 9.59 Å². The van der Waals surface area contributed by atoms with Gasteiger partial charge in [-0.15, -0.1) is 10.2 Å². The van der Waals surface area contributed by atoms with E-state index in [4.69, 9.17) is 5.73 Å². The van der Waals surface area contributed by atoms with Gasteiger partial charge in [0.25, 0.3) is 0 Å². The van der Waals surface area contributed by atoms with Gasteiger partial charge in [-0.05, 0) is 78.8 Å². The number of hydrogen-bond acceptors (Lipinski definition) is 9. The number of nitrogen functional groups attached to an aromatic ring is 1. The Bertz CT molecular complexity index is 1730. The van der Waals surface area contributed by atoms with Crippen molar-refractivity contribution >= 4 is 29.0 Å². The summed E-state index contributed by atoms with van der Waals surface area (Å²) in [5, 5.41) is 21.1. The predicted octanol–water partition coefficient (Wildman–Crippen LogP) is 4.66. The molecular formula is C37H41N7O3. The molecule has 10 heteroatoms. The molecule has 3 aromatic carbocycles. The number of anilines is 3. The van der Waals surface area contributed by atoms with Crippen LogP contribution in [0.25, 0.3) is 22.4 Å². The monoisotopic (exact) mass is 631 g/mol. The fraction of sp³-hybridized carbons (Fsp3) is 0.351. The Morgan fingerprint density at radius 3 is 2.11 bits per heavy atom. The maximum absolute atomic E-state index is 12.2. The number of piperazine rings is 1.